The summed E-state index contributed by atoms with van der Waals surface area (Å²) in [6, 6.07) is 21.1. The van der Waals surface area contributed by atoms with E-state index < -0.39 is 18.2 Å². The lowest BCUT2D eigenvalue weighted by atomic mass is 9.84. The summed E-state index contributed by atoms with van der Waals surface area (Å²) in [6.07, 6.45) is 0.891. The zero-order chi connectivity index (χ0) is 35.3. The molecule has 50 heavy (non-hydrogen) atoms. The molecule has 2 unspecified atom stereocenters. The van der Waals surface area contributed by atoms with Crippen LogP contribution in [0.3, 0.4) is 0 Å². The van der Waals surface area contributed by atoms with Crippen molar-refractivity contribution in [1.29, 1.82) is 0 Å². The topological polar surface area (TPSA) is 125 Å². The van der Waals surface area contributed by atoms with E-state index in [1.54, 1.807) is 19.1 Å². The second-order valence-electron chi connectivity index (χ2n) is 12.8. The number of rotatable bonds is 18. The number of hydrogen-bond acceptors (Lipinski definition) is 10. The fourth-order valence-electron chi connectivity index (χ4n) is 6.56. The van der Waals surface area contributed by atoms with Gasteiger partial charge in [-0.25, -0.2) is 0 Å². The molecule has 11 nitrogen and oxygen atoms in total. The lowest BCUT2D eigenvalue weighted by Crippen LogP contribution is -2.56. The molecule has 11 heteroatoms. The van der Waals surface area contributed by atoms with Crippen molar-refractivity contribution in [1.82, 2.24) is 4.90 Å². The molecule has 0 spiro atoms. The van der Waals surface area contributed by atoms with E-state index in [4.69, 9.17) is 34.2 Å². The fourth-order valence-corrected chi connectivity index (χ4v) is 6.56. The minimum atomic E-state index is -0.831. The highest BCUT2D eigenvalue weighted by molar-refractivity contribution is 5.81. The van der Waals surface area contributed by atoms with Crippen molar-refractivity contribution in [3.8, 4) is 17.2 Å². The number of β-amino-alcohol motifs (C(OH)–C–C–N with tert-alkyl or cyclic N) is 1. The molecule has 2 heterocycles. The van der Waals surface area contributed by atoms with Gasteiger partial charge in [0, 0.05) is 51.3 Å². The van der Waals surface area contributed by atoms with Crippen LogP contribution in [0.5, 0.6) is 17.2 Å². The van der Waals surface area contributed by atoms with E-state index in [1.807, 2.05) is 67.6 Å². The number of likely N-dealkylation sites (tertiary alicyclic amines) is 1. The van der Waals surface area contributed by atoms with E-state index in [0.29, 0.717) is 52.6 Å². The fraction of sp³-hybridized carbons (Fsp3) is 0.513. The van der Waals surface area contributed by atoms with Crippen molar-refractivity contribution in [3.05, 3.63) is 83.4 Å². The SMILES string of the molecule is CCC(N)C(=O)N1C[C@@H](O)C(c2ccc(OCCCOCc3ccccc3OC)cc2)[C@@H](OCc2ccc3c(c2)N(CCCOC)CCO3)C1. The summed E-state index contributed by atoms with van der Waals surface area (Å²) in [5, 5.41) is 11.5. The van der Waals surface area contributed by atoms with Crippen LogP contribution in [0.4, 0.5) is 5.69 Å². The number of ether oxygens (including phenoxy) is 6. The third-order valence-electron chi connectivity index (χ3n) is 9.33. The lowest BCUT2D eigenvalue weighted by molar-refractivity contribution is -0.143. The Labute approximate surface area is 296 Å². The highest BCUT2D eigenvalue weighted by atomic mass is 16.5. The van der Waals surface area contributed by atoms with Crippen LogP contribution in [0.25, 0.3) is 0 Å². The van der Waals surface area contributed by atoms with Crippen LogP contribution in [0, 0.1) is 0 Å². The molecule has 0 bridgehead atoms. The maximum Gasteiger partial charge on any atom is 0.239 e. The van der Waals surface area contributed by atoms with Crippen LogP contribution in [0.2, 0.25) is 0 Å². The first-order chi connectivity index (χ1) is 24.4. The number of aliphatic hydroxyl groups excluding tert-OH is 1. The molecular formula is C39H53N3O8. The Morgan fingerprint density at radius 2 is 1.82 bits per heavy atom. The molecule has 3 N–H and O–H groups in total. The van der Waals surface area contributed by atoms with Crippen LogP contribution < -0.4 is 24.8 Å². The predicted molar refractivity (Wildman–Crippen MR) is 192 cm³/mol. The number of carbonyl (C=O) groups is 1. The summed E-state index contributed by atoms with van der Waals surface area (Å²) in [4.78, 5) is 17.1. The zero-order valence-electron chi connectivity index (χ0n) is 29.6. The number of aliphatic hydroxyl groups is 1. The summed E-state index contributed by atoms with van der Waals surface area (Å²) < 4.78 is 35.0. The maximum absolute atomic E-state index is 13.1. The maximum atomic E-state index is 13.1. The second kappa shape index (κ2) is 18.9. The van der Waals surface area contributed by atoms with E-state index in [0.717, 1.165) is 65.6 Å². The molecule has 2 aliphatic rings. The van der Waals surface area contributed by atoms with Crippen LogP contribution >= 0.6 is 0 Å². The predicted octanol–water partition coefficient (Wildman–Crippen LogP) is 4.53. The Morgan fingerprint density at radius 1 is 1.00 bits per heavy atom. The number of para-hydroxylation sites is 1. The number of methoxy groups -OCH3 is 2. The van der Waals surface area contributed by atoms with Crippen molar-refractivity contribution in [2.24, 2.45) is 5.73 Å². The van der Waals surface area contributed by atoms with E-state index in [2.05, 4.69) is 11.0 Å². The first kappa shape index (κ1) is 37.4. The van der Waals surface area contributed by atoms with Gasteiger partial charge in [-0.15, -0.1) is 0 Å². The number of carbonyl (C=O) groups excluding carboxylic acids is 1. The second-order valence-corrected chi connectivity index (χ2v) is 12.8. The Hall–Kier alpha value is -3.87. The summed E-state index contributed by atoms with van der Waals surface area (Å²) in [7, 11) is 3.37. The molecule has 3 aromatic carbocycles. The Balaban J connectivity index is 1.21. The van der Waals surface area contributed by atoms with Gasteiger partial charge in [0.2, 0.25) is 5.91 Å². The van der Waals surface area contributed by atoms with Gasteiger partial charge < -0.3 is 49.1 Å². The van der Waals surface area contributed by atoms with Gasteiger partial charge in [-0.2, -0.15) is 0 Å². The summed E-state index contributed by atoms with van der Waals surface area (Å²) in [5.74, 6) is 1.89. The minimum Gasteiger partial charge on any atom is -0.496 e. The Kier molecular flexibility index (Phi) is 14.2. The molecule has 1 amide bonds. The number of nitrogens with zero attached hydrogens (tertiary/aromatic N) is 2. The number of benzene rings is 3. The summed E-state index contributed by atoms with van der Waals surface area (Å²) in [6.45, 7) is 7.29. The van der Waals surface area contributed by atoms with E-state index in [9.17, 15) is 9.90 Å². The molecule has 0 aromatic heterocycles. The highest BCUT2D eigenvalue weighted by Gasteiger charge is 2.40. The number of hydrogen-bond donors (Lipinski definition) is 2. The minimum absolute atomic E-state index is 0.174. The number of nitrogens with two attached hydrogens (primary N) is 1. The van der Waals surface area contributed by atoms with Gasteiger partial charge >= 0.3 is 0 Å². The standard InChI is InChI=1S/C39H53N3O8/c1-4-32(40)39(44)42-24-34(43)38(29-12-14-31(15-13-29)48-21-8-20-47-27-30-9-5-6-10-35(30)46-3)37(25-42)50-26-28-11-16-36-33(23-28)41(18-22-49-36)17-7-19-45-2/h5-6,9-16,23,32,34,37-38,43H,4,7-8,17-22,24-27,40H2,1-3H3/t32?,34-,37+,38?/m1/s1. The van der Waals surface area contributed by atoms with Gasteiger partial charge in [0.15, 0.2) is 0 Å². The normalized spacial score (nSPS) is 19.4. The number of piperidine rings is 1. The molecule has 4 atom stereocenters. The average molecular weight is 692 g/mol. The lowest BCUT2D eigenvalue weighted by Gasteiger charge is -2.42. The van der Waals surface area contributed by atoms with Gasteiger partial charge in [-0.05, 0) is 54.3 Å². The Morgan fingerprint density at radius 3 is 2.60 bits per heavy atom. The Bertz CT molecular complexity index is 1490. The molecule has 0 radical (unpaired) electrons. The van der Waals surface area contributed by atoms with Crippen molar-refractivity contribution in [3.63, 3.8) is 0 Å². The van der Waals surface area contributed by atoms with Gasteiger partial charge in [0.05, 0.1) is 64.0 Å². The number of anilines is 1. The smallest absolute Gasteiger partial charge is 0.239 e. The molecule has 3 aromatic rings. The molecule has 0 aliphatic carbocycles. The largest absolute Gasteiger partial charge is 0.496 e. The van der Waals surface area contributed by atoms with Crippen molar-refractivity contribution in [2.45, 2.75) is 63.6 Å². The van der Waals surface area contributed by atoms with Crippen LogP contribution in [0.1, 0.15) is 48.8 Å². The third-order valence-corrected chi connectivity index (χ3v) is 9.33. The molecular weight excluding hydrogens is 638 g/mol. The third kappa shape index (κ3) is 9.88. The summed E-state index contributed by atoms with van der Waals surface area (Å²) >= 11 is 0. The molecule has 1 fully saturated rings. The van der Waals surface area contributed by atoms with Gasteiger partial charge in [0.1, 0.15) is 23.9 Å². The number of fused-ring (bicyclic) bond motifs is 1. The monoisotopic (exact) mass is 691 g/mol. The first-order valence-electron chi connectivity index (χ1n) is 17.7. The first-order valence-corrected chi connectivity index (χ1v) is 17.7. The van der Waals surface area contributed by atoms with E-state index in [-0.39, 0.29) is 18.4 Å². The quantitative estimate of drug-likeness (QED) is 0.184. The van der Waals surface area contributed by atoms with Gasteiger partial charge in [-0.1, -0.05) is 43.3 Å². The summed E-state index contributed by atoms with van der Waals surface area (Å²) in [5.41, 5.74) is 10.1. The number of amides is 1. The van der Waals surface area contributed by atoms with Crippen LogP contribution in [-0.4, -0.2) is 101 Å². The molecule has 5 rings (SSSR count). The highest BCUT2D eigenvalue weighted by Crippen LogP contribution is 2.35. The van der Waals surface area contributed by atoms with Crippen molar-refractivity contribution < 1.29 is 38.3 Å². The zero-order valence-corrected chi connectivity index (χ0v) is 29.6. The van der Waals surface area contributed by atoms with Gasteiger partial charge in [0.25, 0.3) is 0 Å². The van der Waals surface area contributed by atoms with Gasteiger partial charge in [-0.3, -0.25) is 4.79 Å². The van der Waals surface area contributed by atoms with Crippen LogP contribution in [-0.2, 0) is 32.2 Å². The van der Waals surface area contributed by atoms with Crippen LogP contribution in [0.15, 0.2) is 66.7 Å². The average Bonchev–Trinajstić information content (AvgIpc) is 3.15. The molecule has 272 valence electrons. The molecule has 1 saturated heterocycles. The van der Waals surface area contributed by atoms with E-state index >= 15 is 0 Å². The molecule has 2 aliphatic heterocycles. The van der Waals surface area contributed by atoms with E-state index in [1.165, 1.54) is 0 Å². The van der Waals surface area contributed by atoms with Crippen molar-refractivity contribution in [2.75, 3.05) is 71.7 Å². The molecule has 0 saturated carbocycles. The van der Waals surface area contributed by atoms with Crippen molar-refractivity contribution >= 4 is 11.6 Å².